The van der Waals surface area contributed by atoms with E-state index in [4.69, 9.17) is 17.3 Å². The third-order valence-electron chi connectivity index (χ3n) is 3.68. The number of hydrogen-bond acceptors (Lipinski definition) is 2. The standard InChI is InChI=1S/C18H33NO2S/c20-18(21)19-16-14-12-10-8-6-4-2-1-3-5-7-9-11-13-15-17-22/h1-2,17,19H,3-16H2,(H,20,21)/b2-1-. The van der Waals surface area contributed by atoms with Crippen LogP contribution < -0.4 is 5.32 Å². The topological polar surface area (TPSA) is 49.3 Å². The Kier molecular flexibility index (Phi) is 17.4. The highest BCUT2D eigenvalue weighted by atomic mass is 32.1. The van der Waals surface area contributed by atoms with Crippen molar-refractivity contribution in [2.24, 2.45) is 0 Å². The molecule has 2 N–H and O–H groups in total. The molecule has 0 aliphatic heterocycles. The second-order valence-corrected chi connectivity index (χ2v) is 6.10. The molecule has 4 heteroatoms. The first-order valence-electron chi connectivity index (χ1n) is 8.83. The second kappa shape index (κ2) is 18.1. The number of allylic oxidation sites excluding steroid dienone is 2. The molecule has 0 saturated carbocycles. The molecule has 0 aliphatic carbocycles. The highest BCUT2D eigenvalue weighted by Gasteiger charge is 1.93. The van der Waals surface area contributed by atoms with Gasteiger partial charge in [0.15, 0.2) is 0 Å². The van der Waals surface area contributed by atoms with Crippen molar-refractivity contribution in [3.8, 4) is 0 Å². The summed E-state index contributed by atoms with van der Waals surface area (Å²) in [4.78, 5) is 10.2. The van der Waals surface area contributed by atoms with Gasteiger partial charge in [-0.3, -0.25) is 0 Å². The first-order valence-corrected chi connectivity index (χ1v) is 9.30. The molecule has 0 radical (unpaired) electrons. The predicted octanol–water partition coefficient (Wildman–Crippen LogP) is 5.88. The van der Waals surface area contributed by atoms with E-state index in [9.17, 15) is 4.79 Å². The average molecular weight is 328 g/mol. The number of unbranched alkanes of at least 4 members (excludes halogenated alkanes) is 11. The highest BCUT2D eigenvalue weighted by Crippen LogP contribution is 2.09. The Morgan fingerprint density at radius 2 is 1.23 bits per heavy atom. The normalized spacial score (nSPS) is 10.9. The SMILES string of the molecule is O=C(O)NCCCCCCC/C=C\CCCCCCCC=S. The number of rotatable bonds is 16. The van der Waals surface area contributed by atoms with Crippen molar-refractivity contribution in [3.05, 3.63) is 12.2 Å². The summed E-state index contributed by atoms with van der Waals surface area (Å²) < 4.78 is 0. The molecule has 1 amide bonds. The Morgan fingerprint density at radius 1 is 0.773 bits per heavy atom. The van der Waals surface area contributed by atoms with Crippen LogP contribution in [0.5, 0.6) is 0 Å². The van der Waals surface area contributed by atoms with Crippen LogP contribution in [0.4, 0.5) is 4.79 Å². The van der Waals surface area contributed by atoms with E-state index < -0.39 is 6.09 Å². The van der Waals surface area contributed by atoms with Gasteiger partial charge in [0.25, 0.3) is 0 Å². The summed E-state index contributed by atoms with van der Waals surface area (Å²) in [6.45, 7) is 0.584. The molecule has 0 aliphatic rings. The highest BCUT2D eigenvalue weighted by molar-refractivity contribution is 7.78. The van der Waals surface area contributed by atoms with Gasteiger partial charge >= 0.3 is 6.09 Å². The van der Waals surface area contributed by atoms with Gasteiger partial charge < -0.3 is 10.4 Å². The first-order chi connectivity index (χ1) is 10.8. The molecule has 0 unspecified atom stereocenters. The smallest absolute Gasteiger partial charge is 0.404 e. The van der Waals surface area contributed by atoms with Crippen molar-refractivity contribution < 1.29 is 9.90 Å². The molecule has 0 aromatic carbocycles. The minimum Gasteiger partial charge on any atom is -0.465 e. The van der Waals surface area contributed by atoms with E-state index in [-0.39, 0.29) is 0 Å². The van der Waals surface area contributed by atoms with E-state index in [1.807, 2.05) is 5.37 Å². The lowest BCUT2D eigenvalue weighted by Gasteiger charge is -2.01. The third kappa shape index (κ3) is 19.1. The van der Waals surface area contributed by atoms with Crippen LogP contribution in [0.15, 0.2) is 12.2 Å². The van der Waals surface area contributed by atoms with Crippen LogP contribution in [0, 0.1) is 0 Å². The van der Waals surface area contributed by atoms with Crippen LogP contribution >= 0.6 is 12.2 Å². The van der Waals surface area contributed by atoms with Crippen molar-refractivity contribution >= 4 is 23.7 Å². The fourth-order valence-corrected chi connectivity index (χ4v) is 2.54. The van der Waals surface area contributed by atoms with E-state index >= 15 is 0 Å². The van der Waals surface area contributed by atoms with Crippen LogP contribution in [0.1, 0.15) is 83.5 Å². The van der Waals surface area contributed by atoms with Gasteiger partial charge in [0.2, 0.25) is 0 Å². The third-order valence-corrected chi connectivity index (χ3v) is 3.92. The molecule has 0 saturated heterocycles. The largest absolute Gasteiger partial charge is 0.465 e. The quantitative estimate of drug-likeness (QED) is 0.211. The van der Waals surface area contributed by atoms with Gasteiger partial charge in [-0.2, -0.15) is 0 Å². The zero-order valence-electron chi connectivity index (χ0n) is 13.9. The summed E-state index contributed by atoms with van der Waals surface area (Å²) in [5.41, 5.74) is 0. The zero-order chi connectivity index (χ0) is 16.3. The van der Waals surface area contributed by atoms with Gasteiger partial charge in [-0.15, -0.1) is 0 Å². The minimum absolute atomic E-state index is 0.584. The van der Waals surface area contributed by atoms with E-state index in [2.05, 4.69) is 17.5 Å². The van der Waals surface area contributed by atoms with Crippen LogP contribution in [0.2, 0.25) is 0 Å². The molecule has 0 fully saturated rings. The maximum Gasteiger partial charge on any atom is 0.404 e. The zero-order valence-corrected chi connectivity index (χ0v) is 14.7. The van der Waals surface area contributed by atoms with Crippen molar-refractivity contribution in [1.82, 2.24) is 5.32 Å². The number of amides is 1. The molecule has 3 nitrogen and oxygen atoms in total. The average Bonchev–Trinajstić information content (AvgIpc) is 2.50. The lowest BCUT2D eigenvalue weighted by Crippen LogP contribution is -2.21. The number of thiocarbonyl (C=S) groups is 1. The maximum absolute atomic E-state index is 10.2. The van der Waals surface area contributed by atoms with E-state index in [1.54, 1.807) is 0 Å². The van der Waals surface area contributed by atoms with Gasteiger partial charge in [-0.1, -0.05) is 62.9 Å². The Bertz CT molecular complexity index is 293. The maximum atomic E-state index is 10.2. The molecule has 22 heavy (non-hydrogen) atoms. The molecule has 128 valence electrons. The first kappa shape index (κ1) is 21.1. The van der Waals surface area contributed by atoms with Crippen molar-refractivity contribution in [1.29, 1.82) is 0 Å². The molecular formula is C18H33NO2S. The Morgan fingerprint density at radius 3 is 1.73 bits per heavy atom. The van der Waals surface area contributed by atoms with Crippen molar-refractivity contribution in [3.63, 3.8) is 0 Å². The van der Waals surface area contributed by atoms with Crippen molar-refractivity contribution in [2.75, 3.05) is 6.54 Å². The van der Waals surface area contributed by atoms with Gasteiger partial charge in [-0.25, -0.2) is 4.79 Å². The van der Waals surface area contributed by atoms with Gasteiger partial charge in [0.05, 0.1) is 0 Å². The number of hydrogen-bond donors (Lipinski definition) is 2. The Balaban J connectivity index is 3.08. The minimum atomic E-state index is -0.917. The van der Waals surface area contributed by atoms with Gasteiger partial charge in [-0.05, 0) is 50.3 Å². The van der Waals surface area contributed by atoms with Crippen LogP contribution in [0.3, 0.4) is 0 Å². The van der Waals surface area contributed by atoms with Crippen LogP contribution in [-0.2, 0) is 0 Å². The van der Waals surface area contributed by atoms with Crippen LogP contribution in [0.25, 0.3) is 0 Å². The van der Waals surface area contributed by atoms with E-state index in [0.29, 0.717) is 6.54 Å². The number of nitrogens with one attached hydrogen (secondary N) is 1. The molecule has 0 aromatic heterocycles. The molecule has 0 heterocycles. The summed E-state index contributed by atoms with van der Waals surface area (Å²) in [5, 5.41) is 12.7. The molecule has 0 atom stereocenters. The Labute approximate surface area is 141 Å². The molecule has 0 spiro atoms. The summed E-state index contributed by atoms with van der Waals surface area (Å²) in [5.74, 6) is 0. The lowest BCUT2D eigenvalue weighted by atomic mass is 10.1. The Hall–Kier alpha value is -0.900. The monoisotopic (exact) mass is 327 g/mol. The summed E-state index contributed by atoms with van der Waals surface area (Å²) >= 11 is 4.81. The van der Waals surface area contributed by atoms with E-state index in [0.717, 1.165) is 19.3 Å². The summed E-state index contributed by atoms with van der Waals surface area (Å²) in [6.07, 6.45) is 19.6. The van der Waals surface area contributed by atoms with Gasteiger partial charge in [0, 0.05) is 6.54 Å². The van der Waals surface area contributed by atoms with Crippen molar-refractivity contribution in [2.45, 2.75) is 83.5 Å². The number of carbonyl (C=O) groups is 1. The summed E-state index contributed by atoms with van der Waals surface area (Å²) in [7, 11) is 0. The predicted molar refractivity (Wildman–Crippen MR) is 98.8 cm³/mol. The van der Waals surface area contributed by atoms with Gasteiger partial charge in [0.1, 0.15) is 0 Å². The summed E-state index contributed by atoms with van der Waals surface area (Å²) in [6, 6.07) is 0. The molecule has 0 bridgehead atoms. The van der Waals surface area contributed by atoms with Crippen LogP contribution in [-0.4, -0.2) is 23.1 Å². The second-order valence-electron chi connectivity index (χ2n) is 5.77. The molecule has 0 rings (SSSR count). The number of carboxylic acid groups (broad SMARTS) is 1. The molecule has 0 aromatic rings. The fourth-order valence-electron chi connectivity index (χ4n) is 2.37. The van der Waals surface area contributed by atoms with E-state index in [1.165, 1.54) is 64.2 Å². The fraction of sp³-hybridized carbons (Fsp3) is 0.778. The lowest BCUT2D eigenvalue weighted by molar-refractivity contribution is 0.194. The molecular weight excluding hydrogens is 294 g/mol.